The number of allylic oxidation sites excluding steroid dienone is 4. The summed E-state index contributed by atoms with van der Waals surface area (Å²) in [6.45, 7) is 4.11. The van der Waals surface area contributed by atoms with Crippen LogP contribution in [0.5, 0.6) is 0 Å². The minimum atomic E-state index is -0.923. The summed E-state index contributed by atoms with van der Waals surface area (Å²) in [5.74, 6) is 7.64. The number of nitrogen functional groups attached to an aromatic ring is 1. The number of anilines is 1. The molecule has 5 rings (SSSR count). The SMILES string of the molecule is CC#C[C@]1(O)CCC2C3CCC4=CC(=O)CCC4=C3C(c3ccc(N)cc3)C[C@@]21C. The number of carbonyl (C=O) groups is 1. The van der Waals surface area contributed by atoms with Gasteiger partial charge >= 0.3 is 0 Å². The molecule has 0 aromatic heterocycles. The lowest BCUT2D eigenvalue weighted by Gasteiger charge is -2.53. The van der Waals surface area contributed by atoms with E-state index < -0.39 is 5.60 Å². The van der Waals surface area contributed by atoms with Crippen LogP contribution in [-0.4, -0.2) is 16.5 Å². The Bertz CT molecular complexity index is 1020. The Morgan fingerprint density at radius 2 is 1.90 bits per heavy atom. The van der Waals surface area contributed by atoms with E-state index in [-0.39, 0.29) is 17.1 Å². The van der Waals surface area contributed by atoms with E-state index in [1.807, 2.05) is 25.1 Å². The van der Waals surface area contributed by atoms with Gasteiger partial charge in [0.25, 0.3) is 0 Å². The molecule has 2 saturated carbocycles. The summed E-state index contributed by atoms with van der Waals surface area (Å²) < 4.78 is 0. The number of rotatable bonds is 1. The van der Waals surface area contributed by atoms with Crippen molar-refractivity contribution >= 4 is 11.5 Å². The van der Waals surface area contributed by atoms with Gasteiger partial charge in [-0.2, -0.15) is 0 Å². The lowest BCUT2D eigenvalue weighted by molar-refractivity contribution is -0.114. The maximum Gasteiger partial charge on any atom is 0.156 e. The molecule has 0 aliphatic heterocycles. The van der Waals surface area contributed by atoms with E-state index in [0.717, 1.165) is 44.2 Å². The van der Waals surface area contributed by atoms with Gasteiger partial charge in [0.2, 0.25) is 0 Å². The predicted octanol–water partition coefficient (Wildman–Crippen LogP) is 4.92. The summed E-state index contributed by atoms with van der Waals surface area (Å²) in [6.07, 6.45) is 8.11. The highest BCUT2D eigenvalue weighted by atomic mass is 16.3. The van der Waals surface area contributed by atoms with Crippen LogP contribution in [0.4, 0.5) is 5.69 Å². The number of carbonyl (C=O) groups excluding carboxylic acids is 1. The minimum Gasteiger partial charge on any atom is -0.399 e. The van der Waals surface area contributed by atoms with Gasteiger partial charge in [-0.25, -0.2) is 0 Å². The van der Waals surface area contributed by atoms with Gasteiger partial charge < -0.3 is 10.8 Å². The Morgan fingerprint density at radius 1 is 1.13 bits per heavy atom. The summed E-state index contributed by atoms with van der Waals surface area (Å²) in [4.78, 5) is 12.1. The Hall–Kier alpha value is -2.31. The molecule has 0 saturated heterocycles. The summed E-state index contributed by atoms with van der Waals surface area (Å²) in [7, 11) is 0. The van der Waals surface area contributed by atoms with E-state index in [0.29, 0.717) is 18.3 Å². The van der Waals surface area contributed by atoms with Gasteiger partial charge in [0, 0.05) is 23.4 Å². The zero-order chi connectivity index (χ0) is 21.1. The number of ketones is 1. The maximum atomic E-state index is 12.1. The fourth-order valence-electron chi connectivity index (χ4n) is 7.10. The third-order valence-corrected chi connectivity index (χ3v) is 8.56. The van der Waals surface area contributed by atoms with Crippen molar-refractivity contribution in [3.63, 3.8) is 0 Å². The van der Waals surface area contributed by atoms with Crippen LogP contribution in [-0.2, 0) is 4.79 Å². The van der Waals surface area contributed by atoms with Gasteiger partial charge in [-0.3, -0.25) is 4.79 Å². The van der Waals surface area contributed by atoms with Crippen LogP contribution in [0, 0.1) is 29.1 Å². The molecule has 5 atom stereocenters. The number of fused-ring (bicyclic) bond motifs is 4. The van der Waals surface area contributed by atoms with Crippen LogP contribution >= 0.6 is 0 Å². The van der Waals surface area contributed by atoms with Gasteiger partial charge in [-0.1, -0.05) is 30.6 Å². The zero-order valence-corrected chi connectivity index (χ0v) is 18.0. The molecule has 30 heavy (non-hydrogen) atoms. The first-order valence-corrected chi connectivity index (χ1v) is 11.3. The first-order chi connectivity index (χ1) is 14.4. The Morgan fingerprint density at radius 3 is 2.63 bits per heavy atom. The van der Waals surface area contributed by atoms with Crippen molar-refractivity contribution in [3.05, 3.63) is 52.6 Å². The summed E-state index contributed by atoms with van der Waals surface area (Å²) in [5, 5.41) is 11.6. The molecule has 3 N–H and O–H groups in total. The molecule has 3 heteroatoms. The Balaban J connectivity index is 1.69. The smallest absolute Gasteiger partial charge is 0.156 e. The molecule has 4 aliphatic carbocycles. The quantitative estimate of drug-likeness (QED) is 0.518. The molecule has 3 unspecified atom stereocenters. The molecule has 0 bridgehead atoms. The van der Waals surface area contributed by atoms with E-state index >= 15 is 0 Å². The van der Waals surface area contributed by atoms with Gasteiger partial charge in [0.05, 0.1) is 0 Å². The van der Waals surface area contributed by atoms with Crippen LogP contribution in [0.3, 0.4) is 0 Å². The minimum absolute atomic E-state index is 0.234. The normalized spacial score (nSPS) is 37.5. The van der Waals surface area contributed by atoms with Crippen LogP contribution < -0.4 is 5.73 Å². The molecule has 2 fully saturated rings. The Labute approximate surface area is 179 Å². The Kier molecular flexibility index (Phi) is 4.49. The van der Waals surface area contributed by atoms with Crippen molar-refractivity contribution in [1.82, 2.24) is 0 Å². The summed E-state index contributed by atoms with van der Waals surface area (Å²) >= 11 is 0. The first-order valence-electron chi connectivity index (χ1n) is 11.3. The van der Waals surface area contributed by atoms with Gasteiger partial charge in [0.1, 0.15) is 5.60 Å². The fraction of sp³-hybridized carbons (Fsp3) is 0.519. The summed E-state index contributed by atoms with van der Waals surface area (Å²) in [5.41, 5.74) is 11.1. The van der Waals surface area contributed by atoms with Crippen molar-refractivity contribution in [3.8, 4) is 11.8 Å². The highest BCUT2D eigenvalue weighted by molar-refractivity contribution is 5.93. The number of hydrogen-bond acceptors (Lipinski definition) is 3. The number of aliphatic hydroxyl groups is 1. The van der Waals surface area contributed by atoms with Crippen LogP contribution in [0.2, 0.25) is 0 Å². The number of nitrogens with two attached hydrogens (primary N) is 1. The first kappa shape index (κ1) is 19.6. The molecule has 156 valence electrons. The highest BCUT2D eigenvalue weighted by Crippen LogP contribution is 2.66. The monoisotopic (exact) mass is 401 g/mol. The average molecular weight is 402 g/mol. The molecule has 0 spiro atoms. The van der Waals surface area contributed by atoms with Crippen molar-refractivity contribution in [2.24, 2.45) is 17.3 Å². The van der Waals surface area contributed by atoms with Crippen molar-refractivity contribution in [2.75, 3.05) is 5.73 Å². The van der Waals surface area contributed by atoms with E-state index in [9.17, 15) is 9.90 Å². The number of hydrogen-bond donors (Lipinski definition) is 2. The lowest BCUT2D eigenvalue weighted by Crippen LogP contribution is -2.51. The van der Waals surface area contributed by atoms with Gasteiger partial charge in [0.15, 0.2) is 5.78 Å². The maximum absolute atomic E-state index is 12.1. The third-order valence-electron chi connectivity index (χ3n) is 8.56. The van der Waals surface area contributed by atoms with Crippen LogP contribution in [0.1, 0.15) is 70.3 Å². The molecular formula is C27H31NO2. The average Bonchev–Trinajstić information content (AvgIpc) is 2.98. The topological polar surface area (TPSA) is 63.3 Å². The molecule has 0 heterocycles. The van der Waals surface area contributed by atoms with E-state index in [1.165, 1.54) is 16.7 Å². The predicted molar refractivity (Wildman–Crippen MR) is 120 cm³/mol. The lowest BCUT2D eigenvalue weighted by atomic mass is 9.51. The van der Waals surface area contributed by atoms with Crippen molar-refractivity contribution in [2.45, 2.75) is 70.3 Å². The van der Waals surface area contributed by atoms with E-state index in [1.54, 1.807) is 5.57 Å². The zero-order valence-electron chi connectivity index (χ0n) is 18.0. The fourth-order valence-corrected chi connectivity index (χ4v) is 7.10. The summed E-state index contributed by atoms with van der Waals surface area (Å²) in [6, 6.07) is 8.28. The van der Waals surface area contributed by atoms with Crippen LogP contribution in [0.25, 0.3) is 0 Å². The molecule has 1 aromatic rings. The van der Waals surface area contributed by atoms with E-state index in [4.69, 9.17) is 5.73 Å². The second kappa shape index (κ2) is 6.86. The molecule has 3 nitrogen and oxygen atoms in total. The molecule has 1 aromatic carbocycles. The highest BCUT2D eigenvalue weighted by Gasteiger charge is 2.62. The molecular weight excluding hydrogens is 370 g/mol. The van der Waals surface area contributed by atoms with Crippen molar-refractivity contribution in [1.29, 1.82) is 0 Å². The third kappa shape index (κ3) is 2.73. The molecule has 4 aliphatic rings. The van der Waals surface area contributed by atoms with Crippen molar-refractivity contribution < 1.29 is 9.90 Å². The van der Waals surface area contributed by atoms with E-state index in [2.05, 4.69) is 30.9 Å². The second-order valence-corrected chi connectivity index (χ2v) is 9.94. The largest absolute Gasteiger partial charge is 0.399 e. The van der Waals surface area contributed by atoms with Crippen LogP contribution in [0.15, 0.2) is 47.1 Å². The molecule has 0 amide bonds. The molecule has 0 radical (unpaired) electrons. The number of benzene rings is 1. The standard InChI is InChI=1S/C27H31NO2/c1-3-13-27(30)14-12-24-22-10-6-18-15-20(29)9-11-21(18)25(22)23(16-26(24,27)2)17-4-7-19(28)8-5-17/h4-5,7-8,15,22-24,30H,6,9-12,14,16,28H2,1-2H3/t22?,23?,24?,26-,27-/m0/s1. The van der Waals surface area contributed by atoms with Gasteiger partial charge in [-0.05, 0) is 92.2 Å². The van der Waals surface area contributed by atoms with Gasteiger partial charge in [-0.15, -0.1) is 5.92 Å². The second-order valence-electron chi connectivity index (χ2n) is 9.94.